The van der Waals surface area contributed by atoms with Crippen LogP contribution in [0.25, 0.3) is 0 Å². The van der Waals surface area contributed by atoms with Gasteiger partial charge in [0.25, 0.3) is 0 Å². The number of aromatic nitrogens is 1. The maximum absolute atomic E-state index is 12.7. The summed E-state index contributed by atoms with van der Waals surface area (Å²) in [5.41, 5.74) is 2.76. The van der Waals surface area contributed by atoms with Gasteiger partial charge in [0.1, 0.15) is 5.82 Å². The molecule has 2 amide bonds. The summed E-state index contributed by atoms with van der Waals surface area (Å²) >= 11 is 0. The first-order chi connectivity index (χ1) is 13.2. The van der Waals surface area contributed by atoms with Crippen molar-refractivity contribution < 1.29 is 4.79 Å². The molecular formula is C21H27N5O. The van der Waals surface area contributed by atoms with Gasteiger partial charge < -0.3 is 20.4 Å². The van der Waals surface area contributed by atoms with E-state index < -0.39 is 0 Å². The number of pyridine rings is 1. The Morgan fingerprint density at radius 2 is 1.85 bits per heavy atom. The summed E-state index contributed by atoms with van der Waals surface area (Å²) in [5.74, 6) is 1.01. The van der Waals surface area contributed by atoms with Crippen molar-refractivity contribution in [2.75, 3.05) is 41.7 Å². The number of carbonyl (C=O) groups is 1. The third-order valence-electron chi connectivity index (χ3n) is 5.36. The van der Waals surface area contributed by atoms with Crippen LogP contribution >= 0.6 is 0 Å². The first kappa shape index (κ1) is 17.6. The molecule has 0 spiro atoms. The van der Waals surface area contributed by atoms with Crippen molar-refractivity contribution in [1.82, 2.24) is 9.88 Å². The van der Waals surface area contributed by atoms with Gasteiger partial charge in [-0.15, -0.1) is 0 Å². The van der Waals surface area contributed by atoms with Crippen molar-refractivity contribution >= 4 is 23.2 Å². The van der Waals surface area contributed by atoms with E-state index in [0.717, 1.165) is 48.9 Å². The van der Waals surface area contributed by atoms with Gasteiger partial charge in [-0.05, 0) is 50.5 Å². The summed E-state index contributed by atoms with van der Waals surface area (Å²) in [7, 11) is 0. The molecule has 3 heterocycles. The molecule has 2 N–H and O–H groups in total. The third-order valence-corrected chi connectivity index (χ3v) is 5.36. The van der Waals surface area contributed by atoms with Gasteiger partial charge in [-0.3, -0.25) is 0 Å². The molecule has 1 aromatic heterocycles. The zero-order valence-corrected chi connectivity index (χ0v) is 15.8. The Kier molecular flexibility index (Phi) is 5.14. The molecule has 0 radical (unpaired) electrons. The molecule has 1 aromatic carbocycles. The van der Waals surface area contributed by atoms with Crippen molar-refractivity contribution in [3.8, 4) is 0 Å². The number of para-hydroxylation sites is 1. The minimum absolute atomic E-state index is 0.0498. The van der Waals surface area contributed by atoms with E-state index in [2.05, 4.69) is 32.7 Å². The van der Waals surface area contributed by atoms with Crippen molar-refractivity contribution in [2.24, 2.45) is 0 Å². The molecule has 142 valence electrons. The van der Waals surface area contributed by atoms with E-state index in [9.17, 15) is 4.79 Å². The lowest BCUT2D eigenvalue weighted by Crippen LogP contribution is -2.35. The SMILES string of the molecule is Cc1nc(N2CCCC2)ccc1NC(=O)N1CCC(Nc2ccccc2)C1. The maximum Gasteiger partial charge on any atom is 0.321 e. The zero-order valence-electron chi connectivity index (χ0n) is 15.8. The fourth-order valence-corrected chi connectivity index (χ4v) is 3.83. The standard InChI is InChI=1S/C21H27N5O/c1-16-19(9-10-20(22-16)25-12-5-6-13-25)24-21(27)26-14-11-18(15-26)23-17-7-3-2-4-8-17/h2-4,7-10,18,23H,5-6,11-15H2,1H3,(H,24,27). The molecule has 2 aliphatic heterocycles. The number of hydrogen-bond acceptors (Lipinski definition) is 4. The van der Waals surface area contributed by atoms with E-state index in [1.54, 1.807) is 0 Å². The lowest BCUT2D eigenvalue weighted by atomic mass is 10.2. The number of urea groups is 1. The molecule has 6 heteroatoms. The van der Waals surface area contributed by atoms with E-state index in [1.807, 2.05) is 42.2 Å². The van der Waals surface area contributed by atoms with Gasteiger partial charge in [0, 0.05) is 37.9 Å². The highest BCUT2D eigenvalue weighted by Gasteiger charge is 2.26. The number of amides is 2. The number of carbonyl (C=O) groups excluding carboxylic acids is 1. The van der Waals surface area contributed by atoms with Gasteiger partial charge in [0.15, 0.2) is 0 Å². The molecule has 27 heavy (non-hydrogen) atoms. The Morgan fingerprint density at radius 3 is 2.59 bits per heavy atom. The van der Waals surface area contributed by atoms with E-state index in [-0.39, 0.29) is 12.1 Å². The topological polar surface area (TPSA) is 60.5 Å². The average Bonchev–Trinajstić information content (AvgIpc) is 3.36. The molecule has 0 saturated carbocycles. The number of benzene rings is 1. The molecule has 1 atom stereocenters. The zero-order chi connectivity index (χ0) is 18.6. The fraction of sp³-hybridized carbons (Fsp3) is 0.429. The second kappa shape index (κ2) is 7.86. The highest BCUT2D eigenvalue weighted by Crippen LogP contribution is 2.23. The number of nitrogens with zero attached hydrogens (tertiary/aromatic N) is 3. The molecule has 6 nitrogen and oxygen atoms in total. The largest absolute Gasteiger partial charge is 0.380 e. The number of nitrogens with one attached hydrogen (secondary N) is 2. The highest BCUT2D eigenvalue weighted by atomic mass is 16.2. The summed E-state index contributed by atoms with van der Waals surface area (Å²) in [6.07, 6.45) is 3.41. The van der Waals surface area contributed by atoms with Crippen LogP contribution in [0.5, 0.6) is 0 Å². The molecule has 2 saturated heterocycles. The van der Waals surface area contributed by atoms with Crippen LogP contribution in [0.1, 0.15) is 25.0 Å². The molecule has 2 fully saturated rings. The van der Waals surface area contributed by atoms with Crippen LogP contribution in [-0.4, -0.2) is 48.1 Å². The smallest absolute Gasteiger partial charge is 0.321 e. The van der Waals surface area contributed by atoms with E-state index in [4.69, 9.17) is 0 Å². The number of rotatable bonds is 4. The molecule has 2 aliphatic rings. The minimum atomic E-state index is -0.0498. The number of anilines is 3. The lowest BCUT2D eigenvalue weighted by molar-refractivity contribution is 0.222. The van der Waals surface area contributed by atoms with Crippen LogP contribution in [0.15, 0.2) is 42.5 Å². The monoisotopic (exact) mass is 365 g/mol. The highest BCUT2D eigenvalue weighted by molar-refractivity contribution is 5.90. The minimum Gasteiger partial charge on any atom is -0.380 e. The van der Waals surface area contributed by atoms with Gasteiger partial charge in [0.05, 0.1) is 11.4 Å². The van der Waals surface area contributed by atoms with Crippen LogP contribution in [0.4, 0.5) is 22.0 Å². The first-order valence-corrected chi connectivity index (χ1v) is 9.79. The summed E-state index contributed by atoms with van der Waals surface area (Å²) in [6, 6.07) is 14.4. The quantitative estimate of drug-likeness (QED) is 0.867. The summed E-state index contributed by atoms with van der Waals surface area (Å²) in [5, 5.41) is 6.53. The van der Waals surface area contributed by atoms with E-state index in [0.29, 0.717) is 6.54 Å². The molecule has 2 aromatic rings. The Hall–Kier alpha value is -2.76. The van der Waals surface area contributed by atoms with E-state index in [1.165, 1.54) is 12.8 Å². The fourth-order valence-electron chi connectivity index (χ4n) is 3.83. The van der Waals surface area contributed by atoms with Crippen LogP contribution in [-0.2, 0) is 0 Å². The normalized spacial score (nSPS) is 19.4. The van der Waals surface area contributed by atoms with Crippen molar-refractivity contribution in [2.45, 2.75) is 32.2 Å². The average molecular weight is 365 g/mol. The Labute approximate surface area is 160 Å². The van der Waals surface area contributed by atoms with Crippen molar-refractivity contribution in [3.63, 3.8) is 0 Å². The third kappa shape index (κ3) is 4.15. The summed E-state index contributed by atoms with van der Waals surface area (Å²) < 4.78 is 0. The Morgan fingerprint density at radius 1 is 1.07 bits per heavy atom. The second-order valence-electron chi connectivity index (χ2n) is 7.37. The predicted molar refractivity (Wildman–Crippen MR) is 109 cm³/mol. The van der Waals surface area contributed by atoms with Gasteiger partial charge in [0.2, 0.25) is 0 Å². The predicted octanol–water partition coefficient (Wildman–Crippen LogP) is 3.71. The first-order valence-electron chi connectivity index (χ1n) is 9.79. The van der Waals surface area contributed by atoms with Gasteiger partial charge in [-0.2, -0.15) is 0 Å². The van der Waals surface area contributed by atoms with Crippen molar-refractivity contribution in [1.29, 1.82) is 0 Å². The Balaban J connectivity index is 1.34. The van der Waals surface area contributed by atoms with Gasteiger partial charge >= 0.3 is 6.03 Å². The number of aryl methyl sites for hydroxylation is 1. The molecular weight excluding hydrogens is 338 g/mol. The van der Waals surface area contributed by atoms with Crippen LogP contribution in [0.3, 0.4) is 0 Å². The lowest BCUT2D eigenvalue weighted by Gasteiger charge is -2.20. The van der Waals surface area contributed by atoms with Crippen LogP contribution in [0, 0.1) is 6.92 Å². The number of hydrogen-bond donors (Lipinski definition) is 2. The molecule has 0 aliphatic carbocycles. The summed E-state index contributed by atoms with van der Waals surface area (Å²) in [6.45, 7) is 5.57. The van der Waals surface area contributed by atoms with Gasteiger partial charge in [-0.25, -0.2) is 9.78 Å². The maximum atomic E-state index is 12.7. The molecule has 1 unspecified atom stereocenters. The van der Waals surface area contributed by atoms with Crippen LogP contribution < -0.4 is 15.5 Å². The molecule has 0 bridgehead atoms. The van der Waals surface area contributed by atoms with Gasteiger partial charge in [-0.1, -0.05) is 18.2 Å². The van der Waals surface area contributed by atoms with Crippen molar-refractivity contribution in [3.05, 3.63) is 48.2 Å². The summed E-state index contributed by atoms with van der Waals surface area (Å²) in [4.78, 5) is 21.5. The van der Waals surface area contributed by atoms with E-state index >= 15 is 0 Å². The Bertz CT molecular complexity index is 788. The van der Waals surface area contributed by atoms with Crippen LogP contribution in [0.2, 0.25) is 0 Å². The second-order valence-corrected chi connectivity index (χ2v) is 7.37. The molecule has 4 rings (SSSR count). The number of likely N-dealkylation sites (tertiary alicyclic amines) is 1.